The van der Waals surface area contributed by atoms with Crippen molar-refractivity contribution < 1.29 is 4.92 Å². The minimum Gasteiger partial charge on any atom is -0.307 e. The molecule has 5 nitrogen and oxygen atoms in total. The number of aryl methyl sites for hydroxylation is 1. The first-order chi connectivity index (χ1) is 9.58. The highest BCUT2D eigenvalue weighted by molar-refractivity contribution is 6.32. The molecule has 2 rings (SSSR count). The topological polar surface area (TPSA) is 68.1 Å². The van der Waals surface area contributed by atoms with Crippen LogP contribution >= 0.6 is 11.6 Å². The minimum atomic E-state index is -0.477. The quantitative estimate of drug-likeness (QED) is 0.678. The number of nitrogens with one attached hydrogen (secondary N) is 1. The molecule has 20 heavy (non-hydrogen) atoms. The first-order valence-electron chi connectivity index (χ1n) is 6.12. The van der Waals surface area contributed by atoms with E-state index < -0.39 is 4.92 Å². The van der Waals surface area contributed by atoms with Gasteiger partial charge in [-0.05, 0) is 30.2 Å². The maximum absolute atomic E-state index is 10.8. The molecule has 0 aliphatic rings. The lowest BCUT2D eigenvalue weighted by Crippen LogP contribution is -2.14. The van der Waals surface area contributed by atoms with E-state index >= 15 is 0 Å². The highest BCUT2D eigenvalue weighted by atomic mass is 35.5. The Bertz CT molecular complexity index is 632. The van der Waals surface area contributed by atoms with Gasteiger partial charge in [0.25, 0.3) is 5.69 Å². The lowest BCUT2D eigenvalue weighted by Gasteiger charge is -2.07. The van der Waals surface area contributed by atoms with Crippen LogP contribution in [0.5, 0.6) is 0 Å². The van der Waals surface area contributed by atoms with Crippen LogP contribution in [0.3, 0.4) is 0 Å². The molecule has 104 valence electrons. The predicted octanol–water partition coefficient (Wildman–Crippen LogP) is 3.24. The van der Waals surface area contributed by atoms with Crippen molar-refractivity contribution in [3.63, 3.8) is 0 Å². The number of halogens is 1. The maximum atomic E-state index is 10.8. The van der Waals surface area contributed by atoms with Crippen LogP contribution in [0.2, 0.25) is 5.02 Å². The molecule has 0 aliphatic heterocycles. The molecular weight excluding hydrogens is 278 g/mol. The fourth-order valence-corrected chi connectivity index (χ4v) is 2.02. The van der Waals surface area contributed by atoms with Crippen molar-refractivity contribution in [1.29, 1.82) is 0 Å². The second-order valence-corrected chi connectivity index (χ2v) is 4.82. The first kappa shape index (κ1) is 14.4. The zero-order valence-electron chi connectivity index (χ0n) is 11.0. The van der Waals surface area contributed by atoms with E-state index in [-0.39, 0.29) is 10.7 Å². The van der Waals surface area contributed by atoms with Crippen LogP contribution in [0.1, 0.15) is 16.8 Å². The number of pyridine rings is 1. The lowest BCUT2D eigenvalue weighted by atomic mass is 10.2. The zero-order valence-corrected chi connectivity index (χ0v) is 11.7. The Morgan fingerprint density at radius 3 is 2.85 bits per heavy atom. The minimum absolute atomic E-state index is 0.0695. The molecule has 0 fully saturated rings. The number of benzene rings is 1. The largest absolute Gasteiger partial charge is 0.307 e. The van der Waals surface area contributed by atoms with E-state index in [4.69, 9.17) is 11.6 Å². The Morgan fingerprint density at radius 2 is 2.15 bits per heavy atom. The van der Waals surface area contributed by atoms with Gasteiger partial charge in [0, 0.05) is 25.4 Å². The molecule has 1 aromatic carbocycles. The van der Waals surface area contributed by atoms with Crippen LogP contribution in [0.15, 0.2) is 36.5 Å². The molecule has 0 bridgehead atoms. The molecule has 0 spiro atoms. The molecule has 0 radical (unpaired) electrons. The predicted molar refractivity (Wildman–Crippen MR) is 77.6 cm³/mol. The van der Waals surface area contributed by atoms with Gasteiger partial charge in [-0.2, -0.15) is 0 Å². The normalized spacial score (nSPS) is 10.5. The van der Waals surface area contributed by atoms with E-state index in [9.17, 15) is 10.1 Å². The standard InChI is InChI=1S/C14H14ClN3O2/c1-10-3-2-6-17-13(10)9-16-8-11-4-5-12(15)14(7-11)18(19)20/h2-7,16H,8-9H2,1H3. The average molecular weight is 292 g/mol. The molecule has 1 aromatic heterocycles. The average Bonchev–Trinajstić information content (AvgIpc) is 2.42. The van der Waals surface area contributed by atoms with Crippen molar-refractivity contribution in [2.45, 2.75) is 20.0 Å². The van der Waals surface area contributed by atoms with Crippen molar-refractivity contribution in [3.05, 3.63) is 68.5 Å². The Kier molecular flexibility index (Phi) is 4.65. The third-order valence-corrected chi connectivity index (χ3v) is 3.27. The van der Waals surface area contributed by atoms with Crippen LogP contribution in [0, 0.1) is 17.0 Å². The van der Waals surface area contributed by atoms with Crippen LogP contribution in [0.25, 0.3) is 0 Å². The van der Waals surface area contributed by atoms with Gasteiger partial charge in [0.1, 0.15) is 5.02 Å². The Labute approximate surface area is 121 Å². The van der Waals surface area contributed by atoms with Gasteiger partial charge in [-0.1, -0.05) is 23.7 Å². The van der Waals surface area contributed by atoms with Gasteiger partial charge in [-0.3, -0.25) is 15.1 Å². The third kappa shape index (κ3) is 3.53. The summed E-state index contributed by atoms with van der Waals surface area (Å²) in [7, 11) is 0. The molecule has 6 heteroatoms. The SMILES string of the molecule is Cc1cccnc1CNCc1ccc(Cl)c([N+](=O)[O-])c1. The summed E-state index contributed by atoms with van der Waals surface area (Å²) in [6.45, 7) is 3.13. The summed E-state index contributed by atoms with van der Waals surface area (Å²) in [6.07, 6.45) is 1.75. The second-order valence-electron chi connectivity index (χ2n) is 4.41. The summed E-state index contributed by atoms with van der Waals surface area (Å²) in [6, 6.07) is 8.69. The lowest BCUT2D eigenvalue weighted by molar-refractivity contribution is -0.384. The number of hydrogen-bond acceptors (Lipinski definition) is 4. The van der Waals surface area contributed by atoms with Gasteiger partial charge < -0.3 is 5.32 Å². The molecule has 0 saturated heterocycles. The summed E-state index contributed by atoms with van der Waals surface area (Å²) in [4.78, 5) is 14.6. The third-order valence-electron chi connectivity index (χ3n) is 2.95. The number of hydrogen-bond donors (Lipinski definition) is 1. The van der Waals surface area contributed by atoms with Gasteiger partial charge in [-0.15, -0.1) is 0 Å². The zero-order chi connectivity index (χ0) is 14.5. The van der Waals surface area contributed by atoms with E-state index in [1.165, 1.54) is 6.07 Å². The van der Waals surface area contributed by atoms with Gasteiger partial charge >= 0.3 is 0 Å². The molecule has 0 saturated carbocycles. The molecule has 1 N–H and O–H groups in total. The van der Waals surface area contributed by atoms with E-state index in [1.54, 1.807) is 18.3 Å². The van der Waals surface area contributed by atoms with Crippen LogP contribution in [0.4, 0.5) is 5.69 Å². The van der Waals surface area contributed by atoms with E-state index in [1.807, 2.05) is 19.1 Å². The number of rotatable bonds is 5. The van der Waals surface area contributed by atoms with Gasteiger partial charge in [0.05, 0.1) is 10.6 Å². The van der Waals surface area contributed by atoms with Crippen LogP contribution in [-0.2, 0) is 13.1 Å². The van der Waals surface area contributed by atoms with Crippen molar-refractivity contribution in [1.82, 2.24) is 10.3 Å². The Balaban J connectivity index is 2.00. The van der Waals surface area contributed by atoms with Crippen molar-refractivity contribution in [2.75, 3.05) is 0 Å². The molecule has 0 unspecified atom stereocenters. The van der Waals surface area contributed by atoms with Gasteiger partial charge in [-0.25, -0.2) is 0 Å². The van der Waals surface area contributed by atoms with Gasteiger partial charge in [0.2, 0.25) is 0 Å². The van der Waals surface area contributed by atoms with Crippen LogP contribution in [-0.4, -0.2) is 9.91 Å². The summed E-state index contributed by atoms with van der Waals surface area (Å²) in [5, 5.41) is 14.2. The van der Waals surface area contributed by atoms with Crippen molar-refractivity contribution in [2.24, 2.45) is 0 Å². The summed E-state index contributed by atoms with van der Waals surface area (Å²) < 4.78 is 0. The summed E-state index contributed by atoms with van der Waals surface area (Å²) in [5.41, 5.74) is 2.83. The fourth-order valence-electron chi connectivity index (χ4n) is 1.84. The van der Waals surface area contributed by atoms with Crippen molar-refractivity contribution >= 4 is 17.3 Å². The van der Waals surface area contributed by atoms with E-state index in [2.05, 4.69) is 10.3 Å². The number of aromatic nitrogens is 1. The number of nitrogens with zero attached hydrogens (tertiary/aromatic N) is 2. The van der Waals surface area contributed by atoms with Gasteiger partial charge in [0.15, 0.2) is 0 Å². The van der Waals surface area contributed by atoms with Crippen LogP contribution < -0.4 is 5.32 Å². The second kappa shape index (κ2) is 6.45. The summed E-state index contributed by atoms with van der Waals surface area (Å²) >= 11 is 5.77. The number of nitro groups is 1. The molecule has 1 heterocycles. The Hall–Kier alpha value is -1.98. The van der Waals surface area contributed by atoms with Crippen molar-refractivity contribution in [3.8, 4) is 0 Å². The van der Waals surface area contributed by atoms with E-state index in [0.717, 1.165) is 16.8 Å². The molecule has 0 aliphatic carbocycles. The first-order valence-corrected chi connectivity index (χ1v) is 6.50. The summed E-state index contributed by atoms with van der Waals surface area (Å²) in [5.74, 6) is 0. The monoisotopic (exact) mass is 291 g/mol. The van der Waals surface area contributed by atoms with E-state index in [0.29, 0.717) is 13.1 Å². The number of nitro benzene ring substituents is 1. The molecule has 2 aromatic rings. The highest BCUT2D eigenvalue weighted by Gasteiger charge is 2.12. The highest BCUT2D eigenvalue weighted by Crippen LogP contribution is 2.24. The molecular formula is C14H14ClN3O2. The molecule has 0 atom stereocenters. The smallest absolute Gasteiger partial charge is 0.288 e. The molecule has 0 amide bonds. The maximum Gasteiger partial charge on any atom is 0.288 e. The Morgan fingerprint density at radius 1 is 1.35 bits per heavy atom. The fraction of sp³-hybridized carbons (Fsp3) is 0.214.